The van der Waals surface area contributed by atoms with E-state index in [0.717, 1.165) is 38.8 Å². The lowest BCUT2D eigenvalue weighted by molar-refractivity contribution is -0.192. The first-order chi connectivity index (χ1) is 10.1. The van der Waals surface area contributed by atoms with Gasteiger partial charge in [-0.15, -0.1) is 0 Å². The number of nitrogens with zero attached hydrogens (tertiary/aromatic N) is 1. The van der Waals surface area contributed by atoms with Crippen molar-refractivity contribution in [2.75, 3.05) is 19.7 Å². The van der Waals surface area contributed by atoms with Crippen molar-refractivity contribution in [3.63, 3.8) is 0 Å². The van der Waals surface area contributed by atoms with Crippen molar-refractivity contribution in [3.8, 4) is 0 Å². The number of rotatable bonds is 4. The Balaban J connectivity index is 0.000000295. The standard InChI is InChI=1S/C11H19NO3.C2HF3O2/c13-8-11(4-2-5-11)7-12-6-1-3-9(12)10(14)15;3-2(4,5)1(6)7/h9,13H,1-8H2,(H,14,15);(H,6,7). The van der Waals surface area contributed by atoms with Crippen molar-refractivity contribution in [1.82, 2.24) is 4.90 Å². The molecule has 1 saturated heterocycles. The number of halogens is 3. The summed E-state index contributed by atoms with van der Waals surface area (Å²) in [7, 11) is 0. The van der Waals surface area contributed by atoms with Crippen molar-refractivity contribution < 1.29 is 38.1 Å². The smallest absolute Gasteiger partial charge is 0.480 e. The van der Waals surface area contributed by atoms with Crippen LogP contribution in [-0.2, 0) is 9.59 Å². The van der Waals surface area contributed by atoms with Crippen LogP contribution in [0, 0.1) is 5.41 Å². The maximum absolute atomic E-state index is 11.0. The minimum Gasteiger partial charge on any atom is -0.480 e. The zero-order chi connectivity index (χ0) is 17.0. The van der Waals surface area contributed by atoms with Crippen LogP contribution in [0.1, 0.15) is 32.1 Å². The second-order valence-corrected chi connectivity index (χ2v) is 5.78. The molecule has 0 aromatic carbocycles. The van der Waals surface area contributed by atoms with Crippen LogP contribution < -0.4 is 0 Å². The number of aliphatic hydroxyl groups is 1. The van der Waals surface area contributed by atoms with E-state index in [1.807, 2.05) is 4.90 Å². The summed E-state index contributed by atoms with van der Waals surface area (Å²) in [6.45, 7) is 1.84. The predicted molar refractivity (Wildman–Crippen MR) is 69.3 cm³/mol. The lowest BCUT2D eigenvalue weighted by Crippen LogP contribution is -2.48. The van der Waals surface area contributed by atoms with Gasteiger partial charge in [-0.2, -0.15) is 13.2 Å². The number of likely N-dealkylation sites (tertiary alicyclic amines) is 1. The first-order valence-corrected chi connectivity index (χ1v) is 6.99. The molecule has 1 atom stereocenters. The zero-order valence-corrected chi connectivity index (χ0v) is 12.0. The van der Waals surface area contributed by atoms with Crippen LogP contribution >= 0.6 is 0 Å². The normalized spacial score (nSPS) is 24.1. The molecule has 2 aliphatic rings. The second-order valence-electron chi connectivity index (χ2n) is 5.78. The van der Waals surface area contributed by atoms with Crippen LogP contribution in [0.2, 0.25) is 0 Å². The van der Waals surface area contributed by atoms with Gasteiger partial charge in [-0.1, -0.05) is 6.42 Å². The van der Waals surface area contributed by atoms with Crippen LogP contribution in [0.4, 0.5) is 13.2 Å². The molecule has 1 heterocycles. The van der Waals surface area contributed by atoms with Crippen LogP contribution in [0.15, 0.2) is 0 Å². The molecule has 1 saturated carbocycles. The quantitative estimate of drug-likeness (QED) is 0.721. The topological polar surface area (TPSA) is 98.1 Å². The molecule has 128 valence electrons. The van der Waals surface area contributed by atoms with Gasteiger partial charge in [-0.25, -0.2) is 4.79 Å². The summed E-state index contributed by atoms with van der Waals surface area (Å²) in [5.41, 5.74) is 0.0119. The van der Waals surface area contributed by atoms with Crippen LogP contribution in [0.3, 0.4) is 0 Å². The van der Waals surface area contributed by atoms with Gasteiger partial charge in [0.2, 0.25) is 0 Å². The van der Waals surface area contributed by atoms with E-state index in [-0.39, 0.29) is 18.1 Å². The molecule has 0 amide bonds. The fourth-order valence-corrected chi connectivity index (χ4v) is 2.77. The first-order valence-electron chi connectivity index (χ1n) is 6.99. The molecule has 2 fully saturated rings. The summed E-state index contributed by atoms with van der Waals surface area (Å²) >= 11 is 0. The number of carboxylic acids is 2. The molecule has 22 heavy (non-hydrogen) atoms. The molecule has 0 aromatic rings. The number of hydrogen-bond acceptors (Lipinski definition) is 4. The number of carboxylic acid groups (broad SMARTS) is 2. The highest BCUT2D eigenvalue weighted by Gasteiger charge is 2.42. The molecule has 0 spiro atoms. The van der Waals surface area contributed by atoms with Gasteiger partial charge in [0.25, 0.3) is 0 Å². The molecule has 9 heteroatoms. The third kappa shape index (κ3) is 4.84. The molecule has 3 N–H and O–H groups in total. The summed E-state index contributed by atoms with van der Waals surface area (Å²) in [6, 6.07) is -0.311. The number of alkyl halides is 3. The van der Waals surface area contributed by atoms with E-state index in [9.17, 15) is 23.1 Å². The van der Waals surface area contributed by atoms with E-state index in [1.54, 1.807) is 0 Å². The van der Waals surface area contributed by atoms with E-state index < -0.39 is 18.1 Å². The van der Waals surface area contributed by atoms with Crippen LogP contribution in [0.5, 0.6) is 0 Å². The SMILES string of the molecule is O=C(O)C(F)(F)F.O=C(O)C1CCCN1CC1(CO)CCC1. The number of aliphatic carboxylic acids is 2. The number of aliphatic hydroxyl groups excluding tert-OH is 1. The molecule has 0 aromatic heterocycles. The summed E-state index contributed by atoms with van der Waals surface area (Å²) in [5.74, 6) is -3.47. The Labute approximate surface area is 125 Å². The Morgan fingerprint density at radius 3 is 2.05 bits per heavy atom. The lowest BCUT2D eigenvalue weighted by atomic mass is 9.69. The van der Waals surface area contributed by atoms with Gasteiger partial charge < -0.3 is 15.3 Å². The molecule has 1 aliphatic heterocycles. The van der Waals surface area contributed by atoms with Crippen molar-refractivity contribution >= 4 is 11.9 Å². The van der Waals surface area contributed by atoms with Gasteiger partial charge in [0, 0.05) is 18.6 Å². The molecule has 1 unspecified atom stereocenters. The molecule has 1 aliphatic carbocycles. The van der Waals surface area contributed by atoms with Gasteiger partial charge in [-0.05, 0) is 32.2 Å². The largest absolute Gasteiger partial charge is 0.490 e. The Hall–Kier alpha value is -1.35. The lowest BCUT2D eigenvalue weighted by Gasteiger charge is -2.43. The monoisotopic (exact) mass is 327 g/mol. The highest BCUT2D eigenvalue weighted by atomic mass is 19.4. The minimum absolute atomic E-state index is 0.0119. The van der Waals surface area contributed by atoms with Crippen molar-refractivity contribution in [2.24, 2.45) is 5.41 Å². The predicted octanol–water partition coefficient (Wildman–Crippen LogP) is 1.33. The van der Waals surface area contributed by atoms with Crippen molar-refractivity contribution in [1.29, 1.82) is 0 Å². The summed E-state index contributed by atoms with van der Waals surface area (Å²) in [5, 5.41) is 25.5. The fourth-order valence-electron chi connectivity index (χ4n) is 2.77. The second kappa shape index (κ2) is 7.28. The van der Waals surface area contributed by atoms with Gasteiger partial charge >= 0.3 is 18.1 Å². The number of carbonyl (C=O) groups is 2. The average molecular weight is 327 g/mol. The van der Waals surface area contributed by atoms with Gasteiger partial charge in [0.05, 0.1) is 0 Å². The van der Waals surface area contributed by atoms with Crippen LogP contribution in [0.25, 0.3) is 0 Å². The highest BCUT2D eigenvalue weighted by molar-refractivity contribution is 5.73. The van der Waals surface area contributed by atoms with E-state index >= 15 is 0 Å². The molecular formula is C13H20F3NO5. The molecule has 0 radical (unpaired) electrons. The Kier molecular flexibility index (Phi) is 6.18. The Bertz CT molecular complexity index is 403. The van der Waals surface area contributed by atoms with Gasteiger partial charge in [0.1, 0.15) is 6.04 Å². The van der Waals surface area contributed by atoms with E-state index in [1.165, 1.54) is 6.42 Å². The van der Waals surface area contributed by atoms with Crippen LogP contribution in [-0.4, -0.2) is 64.1 Å². The molecular weight excluding hydrogens is 307 g/mol. The fraction of sp³-hybridized carbons (Fsp3) is 0.846. The third-order valence-corrected chi connectivity index (χ3v) is 4.18. The van der Waals surface area contributed by atoms with Gasteiger partial charge in [-0.3, -0.25) is 9.69 Å². The number of hydrogen-bond donors (Lipinski definition) is 3. The first kappa shape index (κ1) is 18.7. The molecule has 2 rings (SSSR count). The summed E-state index contributed by atoms with van der Waals surface area (Å²) < 4.78 is 31.7. The average Bonchev–Trinajstić information content (AvgIpc) is 2.81. The third-order valence-electron chi connectivity index (χ3n) is 4.18. The molecule has 0 bridgehead atoms. The van der Waals surface area contributed by atoms with E-state index in [0.29, 0.717) is 0 Å². The summed E-state index contributed by atoms with van der Waals surface area (Å²) in [6.07, 6.45) is -0.0832. The Morgan fingerprint density at radius 1 is 1.18 bits per heavy atom. The maximum Gasteiger partial charge on any atom is 0.490 e. The maximum atomic E-state index is 11.0. The Morgan fingerprint density at radius 2 is 1.73 bits per heavy atom. The van der Waals surface area contributed by atoms with E-state index in [2.05, 4.69) is 0 Å². The molecule has 6 nitrogen and oxygen atoms in total. The van der Waals surface area contributed by atoms with Gasteiger partial charge in [0.15, 0.2) is 0 Å². The van der Waals surface area contributed by atoms with Crippen molar-refractivity contribution in [2.45, 2.75) is 44.3 Å². The highest BCUT2D eigenvalue weighted by Crippen LogP contribution is 2.42. The van der Waals surface area contributed by atoms with Crippen molar-refractivity contribution in [3.05, 3.63) is 0 Å². The van der Waals surface area contributed by atoms with E-state index in [4.69, 9.17) is 15.0 Å². The summed E-state index contributed by atoms with van der Waals surface area (Å²) in [4.78, 5) is 21.9. The minimum atomic E-state index is -5.08. The zero-order valence-electron chi connectivity index (χ0n) is 12.0.